The highest BCUT2D eigenvalue weighted by Crippen LogP contribution is 2.33. The van der Waals surface area contributed by atoms with Crippen molar-refractivity contribution in [3.63, 3.8) is 0 Å². The molecule has 0 atom stereocenters. The SMILES string of the molecule is CCCCCc1ccc(/C(F)=C(\F)c2ccc(OCC)c(F)c2F)cc1. The fourth-order valence-corrected chi connectivity index (χ4v) is 2.61. The van der Waals surface area contributed by atoms with Gasteiger partial charge in [-0.1, -0.05) is 44.0 Å². The quantitative estimate of drug-likeness (QED) is 0.282. The molecule has 5 heteroatoms. The van der Waals surface area contributed by atoms with Crippen LogP contribution < -0.4 is 4.74 Å². The molecule has 0 aliphatic heterocycles. The number of hydrogen-bond donors (Lipinski definition) is 0. The summed E-state index contributed by atoms with van der Waals surface area (Å²) in [5, 5.41) is 0. The molecular weight excluding hydrogens is 344 g/mol. The number of benzene rings is 2. The third-order valence-corrected chi connectivity index (χ3v) is 4.05. The van der Waals surface area contributed by atoms with Gasteiger partial charge in [0.25, 0.3) is 0 Å². The van der Waals surface area contributed by atoms with Crippen molar-refractivity contribution >= 4 is 11.7 Å². The highest BCUT2D eigenvalue weighted by molar-refractivity contribution is 5.83. The molecule has 0 bridgehead atoms. The van der Waals surface area contributed by atoms with Gasteiger partial charge in [-0.15, -0.1) is 0 Å². The number of aryl methyl sites for hydroxylation is 1. The van der Waals surface area contributed by atoms with Gasteiger partial charge in [0.2, 0.25) is 5.82 Å². The van der Waals surface area contributed by atoms with E-state index in [-0.39, 0.29) is 17.9 Å². The Labute approximate surface area is 151 Å². The van der Waals surface area contributed by atoms with Gasteiger partial charge < -0.3 is 4.74 Å². The molecule has 0 heterocycles. The summed E-state index contributed by atoms with van der Waals surface area (Å²) in [7, 11) is 0. The van der Waals surface area contributed by atoms with Gasteiger partial charge in [-0.05, 0) is 37.5 Å². The third-order valence-electron chi connectivity index (χ3n) is 4.05. The van der Waals surface area contributed by atoms with Gasteiger partial charge in [0.1, 0.15) is 0 Å². The van der Waals surface area contributed by atoms with E-state index in [2.05, 4.69) is 6.92 Å². The van der Waals surface area contributed by atoms with Crippen LogP contribution in [0.25, 0.3) is 11.7 Å². The van der Waals surface area contributed by atoms with E-state index in [0.717, 1.165) is 43.4 Å². The Morgan fingerprint density at radius 1 is 0.846 bits per heavy atom. The van der Waals surface area contributed by atoms with Crippen molar-refractivity contribution in [3.05, 3.63) is 64.7 Å². The molecule has 0 fully saturated rings. The largest absolute Gasteiger partial charge is 0.491 e. The van der Waals surface area contributed by atoms with Crippen molar-refractivity contribution < 1.29 is 22.3 Å². The molecule has 0 saturated carbocycles. The first-order valence-electron chi connectivity index (χ1n) is 8.75. The van der Waals surface area contributed by atoms with Crippen molar-refractivity contribution in [1.82, 2.24) is 0 Å². The Balaban J connectivity index is 2.27. The van der Waals surface area contributed by atoms with Gasteiger partial charge >= 0.3 is 0 Å². The van der Waals surface area contributed by atoms with Crippen LogP contribution in [0.5, 0.6) is 5.75 Å². The lowest BCUT2D eigenvalue weighted by molar-refractivity contribution is 0.313. The fraction of sp³-hybridized carbons (Fsp3) is 0.333. The molecular formula is C21H22F4O. The second-order valence-corrected chi connectivity index (χ2v) is 5.95. The smallest absolute Gasteiger partial charge is 0.201 e. The maximum absolute atomic E-state index is 14.4. The van der Waals surface area contributed by atoms with Crippen LogP contribution in [0.1, 0.15) is 49.8 Å². The average molecular weight is 366 g/mol. The summed E-state index contributed by atoms with van der Waals surface area (Å²) in [4.78, 5) is 0. The number of rotatable bonds is 8. The molecule has 0 aliphatic rings. The van der Waals surface area contributed by atoms with Crippen molar-refractivity contribution in [3.8, 4) is 5.75 Å². The lowest BCUT2D eigenvalue weighted by atomic mass is 10.0. The van der Waals surface area contributed by atoms with E-state index in [1.165, 1.54) is 12.1 Å². The number of hydrogen-bond acceptors (Lipinski definition) is 1. The minimum Gasteiger partial charge on any atom is -0.491 e. The normalized spacial score (nSPS) is 12.1. The molecule has 2 aromatic rings. The predicted octanol–water partition coefficient (Wildman–Crippen LogP) is 6.86. The van der Waals surface area contributed by atoms with E-state index in [0.29, 0.717) is 0 Å². The van der Waals surface area contributed by atoms with E-state index in [1.807, 2.05) is 0 Å². The van der Waals surface area contributed by atoms with Crippen LogP contribution in [0.2, 0.25) is 0 Å². The summed E-state index contributed by atoms with van der Waals surface area (Å²) in [6.45, 7) is 3.85. The summed E-state index contributed by atoms with van der Waals surface area (Å²) in [6.07, 6.45) is 4.10. The van der Waals surface area contributed by atoms with E-state index in [9.17, 15) is 17.6 Å². The van der Waals surface area contributed by atoms with E-state index < -0.39 is 28.9 Å². The lowest BCUT2D eigenvalue weighted by Gasteiger charge is -2.09. The monoisotopic (exact) mass is 366 g/mol. The molecule has 140 valence electrons. The third kappa shape index (κ3) is 4.65. The second-order valence-electron chi connectivity index (χ2n) is 5.95. The minimum absolute atomic E-state index is 0.0181. The van der Waals surface area contributed by atoms with E-state index in [4.69, 9.17) is 4.74 Å². The van der Waals surface area contributed by atoms with Gasteiger partial charge in [-0.3, -0.25) is 0 Å². The lowest BCUT2D eigenvalue weighted by Crippen LogP contribution is -2.00. The first kappa shape index (κ1) is 20.0. The van der Waals surface area contributed by atoms with Crippen LogP contribution in [-0.2, 0) is 6.42 Å². The van der Waals surface area contributed by atoms with Gasteiger partial charge in [0.05, 0.1) is 12.2 Å². The molecule has 2 rings (SSSR count). The van der Waals surface area contributed by atoms with Crippen LogP contribution in [0.15, 0.2) is 36.4 Å². The molecule has 0 radical (unpaired) electrons. The summed E-state index contributed by atoms with van der Waals surface area (Å²) in [6, 6.07) is 8.37. The Morgan fingerprint density at radius 3 is 2.15 bits per heavy atom. The first-order chi connectivity index (χ1) is 12.5. The van der Waals surface area contributed by atoms with Crippen LogP contribution in [0.4, 0.5) is 17.6 Å². The van der Waals surface area contributed by atoms with Gasteiger partial charge in [0.15, 0.2) is 23.2 Å². The molecule has 0 spiro atoms. The summed E-state index contributed by atoms with van der Waals surface area (Å²) in [5.74, 6) is -5.81. The number of unbranched alkanes of at least 4 members (excludes halogenated alkanes) is 2. The van der Waals surface area contributed by atoms with Crippen molar-refractivity contribution in [2.24, 2.45) is 0 Å². The number of ether oxygens (including phenoxy) is 1. The summed E-state index contributed by atoms with van der Waals surface area (Å²) < 4.78 is 61.6. The van der Waals surface area contributed by atoms with Gasteiger partial charge in [-0.2, -0.15) is 4.39 Å². The standard InChI is InChI=1S/C21H22F4O/c1-3-5-6-7-14-8-10-15(11-9-14)18(22)19(23)16-12-13-17(26-4-2)21(25)20(16)24/h8-13H,3-7H2,1-2H3/b19-18+. The molecule has 1 nitrogen and oxygen atoms in total. The fourth-order valence-electron chi connectivity index (χ4n) is 2.61. The maximum Gasteiger partial charge on any atom is 0.201 e. The topological polar surface area (TPSA) is 9.23 Å². The Morgan fingerprint density at radius 2 is 1.54 bits per heavy atom. The summed E-state index contributed by atoms with van der Waals surface area (Å²) in [5.41, 5.74) is 0.236. The second kappa shape index (κ2) is 9.41. The van der Waals surface area contributed by atoms with Gasteiger partial charge in [0, 0.05) is 5.56 Å². The molecule has 2 aromatic carbocycles. The molecule has 0 aliphatic carbocycles. The Bertz CT molecular complexity index is 766. The van der Waals surface area contributed by atoms with Crippen LogP contribution in [0.3, 0.4) is 0 Å². The molecule has 26 heavy (non-hydrogen) atoms. The zero-order valence-corrected chi connectivity index (χ0v) is 14.9. The minimum atomic E-state index is -1.47. The molecule has 0 aromatic heterocycles. The molecule has 0 N–H and O–H groups in total. The molecule has 0 amide bonds. The maximum atomic E-state index is 14.4. The van der Waals surface area contributed by atoms with Crippen molar-refractivity contribution in [2.45, 2.75) is 39.5 Å². The Kier molecular flexibility index (Phi) is 7.25. The highest BCUT2D eigenvalue weighted by atomic mass is 19.2. The predicted molar refractivity (Wildman–Crippen MR) is 96.2 cm³/mol. The van der Waals surface area contributed by atoms with E-state index >= 15 is 0 Å². The Hall–Kier alpha value is -2.30. The van der Waals surface area contributed by atoms with E-state index in [1.54, 1.807) is 19.1 Å². The first-order valence-corrected chi connectivity index (χ1v) is 8.75. The van der Waals surface area contributed by atoms with Crippen LogP contribution in [-0.4, -0.2) is 6.61 Å². The zero-order valence-electron chi connectivity index (χ0n) is 14.9. The average Bonchev–Trinajstić information content (AvgIpc) is 2.65. The summed E-state index contributed by atoms with van der Waals surface area (Å²) >= 11 is 0. The van der Waals surface area contributed by atoms with Crippen LogP contribution in [0, 0.1) is 11.6 Å². The van der Waals surface area contributed by atoms with Gasteiger partial charge in [-0.25, -0.2) is 13.2 Å². The van der Waals surface area contributed by atoms with Crippen molar-refractivity contribution in [1.29, 1.82) is 0 Å². The highest BCUT2D eigenvalue weighted by Gasteiger charge is 2.20. The van der Waals surface area contributed by atoms with Crippen LogP contribution >= 0.6 is 0 Å². The molecule has 0 saturated heterocycles. The number of halogens is 4. The van der Waals surface area contributed by atoms with Crippen molar-refractivity contribution in [2.75, 3.05) is 6.61 Å². The zero-order chi connectivity index (χ0) is 19.1. The molecule has 0 unspecified atom stereocenters.